The number of carbonyl (C=O) groups is 1. The smallest absolute Gasteiger partial charge is 0.269 e. The van der Waals surface area contributed by atoms with E-state index in [0.717, 1.165) is 5.56 Å². The second kappa shape index (κ2) is 7.24. The Morgan fingerprint density at radius 3 is 2.38 bits per heavy atom. The molecule has 0 aromatic heterocycles. The molecule has 2 atom stereocenters. The van der Waals surface area contributed by atoms with Crippen molar-refractivity contribution in [3.8, 4) is 6.07 Å². The van der Waals surface area contributed by atoms with Crippen molar-refractivity contribution in [2.75, 3.05) is 0 Å². The molecule has 0 unspecified atom stereocenters. The van der Waals surface area contributed by atoms with Crippen LogP contribution in [0.25, 0.3) is 0 Å². The first-order valence-corrected chi connectivity index (χ1v) is 9.12. The van der Waals surface area contributed by atoms with Gasteiger partial charge in [0.25, 0.3) is 5.69 Å². The Bertz CT molecular complexity index is 1100. The number of allylic oxidation sites excluding steroid dienone is 3. The van der Waals surface area contributed by atoms with Crippen LogP contribution < -0.4 is 5.73 Å². The Morgan fingerprint density at radius 1 is 1.07 bits per heavy atom. The van der Waals surface area contributed by atoms with Gasteiger partial charge in [-0.2, -0.15) is 5.26 Å². The first-order valence-electron chi connectivity index (χ1n) is 9.12. The summed E-state index contributed by atoms with van der Waals surface area (Å²) >= 11 is 0. The fourth-order valence-electron chi connectivity index (χ4n) is 3.99. The predicted octanol–water partition coefficient (Wildman–Crippen LogP) is 3.80. The van der Waals surface area contributed by atoms with Crippen LogP contribution in [0.5, 0.6) is 0 Å². The van der Waals surface area contributed by atoms with Crippen molar-refractivity contribution in [1.29, 1.82) is 5.26 Å². The van der Waals surface area contributed by atoms with Crippen molar-refractivity contribution in [3.63, 3.8) is 0 Å². The van der Waals surface area contributed by atoms with Gasteiger partial charge in [-0.05, 0) is 17.0 Å². The monoisotopic (exact) mass is 387 g/mol. The van der Waals surface area contributed by atoms with Crippen LogP contribution in [0.4, 0.5) is 5.69 Å². The van der Waals surface area contributed by atoms with Crippen molar-refractivity contribution in [2.45, 2.75) is 24.7 Å². The van der Waals surface area contributed by atoms with Crippen LogP contribution in [0.1, 0.15) is 35.8 Å². The summed E-state index contributed by atoms with van der Waals surface area (Å²) < 4.78 is 5.72. The number of nitro benzene ring substituents is 1. The first-order chi connectivity index (χ1) is 14.0. The van der Waals surface area contributed by atoms with E-state index in [9.17, 15) is 20.2 Å². The summed E-state index contributed by atoms with van der Waals surface area (Å²) in [7, 11) is 0. The molecule has 0 saturated carbocycles. The maximum atomic E-state index is 13.1. The molecule has 0 fully saturated rings. The number of rotatable bonds is 3. The van der Waals surface area contributed by atoms with Crippen LogP contribution in [0.3, 0.4) is 0 Å². The highest BCUT2D eigenvalue weighted by atomic mass is 16.6. The Hall–Kier alpha value is -3.92. The number of benzene rings is 2. The quantitative estimate of drug-likeness (QED) is 0.632. The van der Waals surface area contributed by atoms with E-state index in [1.807, 2.05) is 36.4 Å². The van der Waals surface area contributed by atoms with Gasteiger partial charge in [-0.25, -0.2) is 0 Å². The van der Waals surface area contributed by atoms with Crippen LogP contribution in [0.2, 0.25) is 0 Å². The lowest BCUT2D eigenvalue weighted by Gasteiger charge is -2.34. The van der Waals surface area contributed by atoms with Crippen LogP contribution in [-0.4, -0.2) is 10.7 Å². The Morgan fingerprint density at radius 2 is 1.76 bits per heavy atom. The normalized spacial score (nSPS) is 21.3. The van der Waals surface area contributed by atoms with E-state index in [2.05, 4.69) is 0 Å². The number of Topliss-reactive ketones (excluding diaryl/α,β-unsaturated/α-hetero) is 1. The van der Waals surface area contributed by atoms with Crippen LogP contribution in [-0.2, 0) is 9.53 Å². The van der Waals surface area contributed by atoms with Gasteiger partial charge < -0.3 is 10.5 Å². The summed E-state index contributed by atoms with van der Waals surface area (Å²) in [6.07, 6.45) is 0.794. The number of nitrogens with zero attached hydrogens (tertiary/aromatic N) is 2. The topological polar surface area (TPSA) is 119 Å². The molecule has 0 radical (unpaired) electrons. The number of hydrogen-bond acceptors (Lipinski definition) is 6. The van der Waals surface area contributed by atoms with Gasteiger partial charge in [-0.1, -0.05) is 42.5 Å². The van der Waals surface area contributed by atoms with Crippen LogP contribution >= 0.6 is 0 Å². The molecule has 0 spiro atoms. The Labute approximate surface area is 166 Å². The fourth-order valence-corrected chi connectivity index (χ4v) is 3.99. The van der Waals surface area contributed by atoms with Crippen LogP contribution in [0, 0.1) is 21.4 Å². The van der Waals surface area contributed by atoms with E-state index in [1.54, 1.807) is 12.1 Å². The third-order valence-corrected chi connectivity index (χ3v) is 5.37. The van der Waals surface area contributed by atoms with E-state index in [4.69, 9.17) is 10.5 Å². The Kier molecular flexibility index (Phi) is 4.61. The van der Waals surface area contributed by atoms with E-state index in [0.29, 0.717) is 29.7 Å². The summed E-state index contributed by atoms with van der Waals surface area (Å²) in [6.45, 7) is 0. The number of nitriles is 1. The number of ether oxygens (including phenoxy) is 1. The molecule has 7 nitrogen and oxygen atoms in total. The summed E-state index contributed by atoms with van der Waals surface area (Å²) in [6, 6.07) is 17.6. The number of carbonyl (C=O) groups excluding carboxylic acids is 1. The standard InChI is InChI=1S/C22H17N3O4/c23-12-17-20(14-6-8-16(9-7-14)25(27)28)21-18(26)10-15(11-19(21)29-22(17)24)13-4-2-1-3-5-13/h1-9,15,20H,10-11,24H2/t15-,20-/m1/s1. The number of hydrogen-bond donors (Lipinski definition) is 1. The number of nitrogens with two attached hydrogens (primary N) is 1. The Balaban J connectivity index is 1.77. The molecule has 4 rings (SSSR count). The van der Waals surface area contributed by atoms with Gasteiger partial charge in [0.15, 0.2) is 5.78 Å². The average molecular weight is 387 g/mol. The highest BCUT2D eigenvalue weighted by molar-refractivity contribution is 6.00. The lowest BCUT2D eigenvalue weighted by Crippen LogP contribution is -2.29. The molecule has 2 aliphatic rings. The second-order valence-electron chi connectivity index (χ2n) is 7.05. The maximum absolute atomic E-state index is 13.1. The molecular formula is C22H17N3O4. The van der Waals surface area contributed by atoms with Gasteiger partial charge in [0, 0.05) is 30.5 Å². The van der Waals surface area contributed by atoms with Gasteiger partial charge in [0.2, 0.25) is 5.88 Å². The largest absolute Gasteiger partial charge is 0.444 e. The lowest BCUT2D eigenvalue weighted by atomic mass is 9.73. The first kappa shape index (κ1) is 18.4. The van der Waals surface area contributed by atoms with Crippen molar-refractivity contribution in [3.05, 3.63) is 98.6 Å². The maximum Gasteiger partial charge on any atom is 0.269 e. The predicted molar refractivity (Wildman–Crippen MR) is 104 cm³/mol. The highest BCUT2D eigenvalue weighted by Gasteiger charge is 2.40. The van der Waals surface area contributed by atoms with Gasteiger partial charge >= 0.3 is 0 Å². The van der Waals surface area contributed by atoms with Gasteiger partial charge in [0.1, 0.15) is 17.4 Å². The molecule has 1 aliphatic carbocycles. The van der Waals surface area contributed by atoms with Gasteiger partial charge in [-0.15, -0.1) is 0 Å². The molecule has 29 heavy (non-hydrogen) atoms. The molecule has 1 aliphatic heterocycles. The van der Waals surface area contributed by atoms with E-state index in [-0.39, 0.29) is 28.8 Å². The lowest BCUT2D eigenvalue weighted by molar-refractivity contribution is -0.384. The molecule has 144 valence electrons. The molecule has 2 N–H and O–H groups in total. The van der Waals surface area contributed by atoms with Crippen molar-refractivity contribution in [2.24, 2.45) is 5.73 Å². The SMILES string of the molecule is N#CC1=C(N)OC2=C(C(=O)C[C@@H](c3ccccc3)C2)[C@@H]1c1ccc([N+](=O)[O-])cc1. The number of nitro groups is 1. The molecular weight excluding hydrogens is 370 g/mol. The second-order valence-corrected chi connectivity index (χ2v) is 7.05. The van der Waals surface area contributed by atoms with Gasteiger partial charge in [-0.3, -0.25) is 14.9 Å². The zero-order chi connectivity index (χ0) is 20.5. The zero-order valence-electron chi connectivity index (χ0n) is 15.4. The molecule has 0 amide bonds. The van der Waals surface area contributed by atoms with Crippen LogP contribution in [0.15, 0.2) is 77.4 Å². The van der Waals surface area contributed by atoms with Crippen molar-refractivity contribution < 1.29 is 14.5 Å². The van der Waals surface area contributed by atoms with Crippen molar-refractivity contribution in [1.82, 2.24) is 0 Å². The molecule has 2 aromatic carbocycles. The molecule has 1 heterocycles. The minimum absolute atomic E-state index is 0.0311. The third kappa shape index (κ3) is 3.25. The van der Waals surface area contributed by atoms with E-state index < -0.39 is 10.8 Å². The summed E-state index contributed by atoms with van der Waals surface area (Å²) in [5.41, 5.74) is 8.14. The molecule has 0 saturated heterocycles. The van der Waals surface area contributed by atoms with E-state index in [1.165, 1.54) is 12.1 Å². The third-order valence-electron chi connectivity index (χ3n) is 5.37. The van der Waals surface area contributed by atoms with Gasteiger partial charge in [0.05, 0.1) is 10.8 Å². The summed E-state index contributed by atoms with van der Waals surface area (Å²) in [5, 5.41) is 20.6. The molecule has 2 aromatic rings. The average Bonchev–Trinajstić information content (AvgIpc) is 2.73. The summed E-state index contributed by atoms with van der Waals surface area (Å²) in [4.78, 5) is 23.6. The zero-order valence-corrected chi connectivity index (χ0v) is 15.4. The van der Waals surface area contributed by atoms with E-state index >= 15 is 0 Å². The highest BCUT2D eigenvalue weighted by Crippen LogP contribution is 2.46. The fraction of sp³-hybridized carbons (Fsp3) is 0.182. The molecule has 7 heteroatoms. The van der Waals surface area contributed by atoms with Crippen molar-refractivity contribution >= 4 is 11.5 Å². The number of non-ortho nitro benzene ring substituents is 1. The minimum Gasteiger partial charge on any atom is -0.444 e. The molecule has 0 bridgehead atoms. The number of ketones is 1. The minimum atomic E-state index is -0.686. The summed E-state index contributed by atoms with van der Waals surface area (Å²) in [5.74, 6) is -0.389.